The number of hydrogen-bond donors (Lipinski definition) is 3. The third kappa shape index (κ3) is 3.42. The van der Waals surface area contributed by atoms with Crippen molar-refractivity contribution >= 4 is 11.6 Å². The van der Waals surface area contributed by atoms with Crippen LogP contribution in [-0.4, -0.2) is 23.1 Å². The van der Waals surface area contributed by atoms with Crippen molar-refractivity contribution in [1.82, 2.24) is 10.2 Å². The lowest BCUT2D eigenvalue weighted by molar-refractivity contribution is -0.116. The molecule has 0 saturated heterocycles. The van der Waals surface area contributed by atoms with E-state index in [1.165, 1.54) is 0 Å². The number of hydrogen-bond acceptors (Lipinski definition) is 5. The zero-order valence-corrected chi connectivity index (χ0v) is 17.2. The first-order chi connectivity index (χ1) is 15.2. The Morgan fingerprint density at radius 2 is 1.84 bits per heavy atom. The van der Waals surface area contributed by atoms with Gasteiger partial charge in [0.2, 0.25) is 0 Å². The summed E-state index contributed by atoms with van der Waals surface area (Å²) < 4.78 is 11.6. The maximum atomic E-state index is 12.9. The number of nitrogens with one attached hydrogen (secondary N) is 3. The maximum Gasteiger partial charge on any atom is 0.270 e. The number of anilines is 1. The highest BCUT2D eigenvalue weighted by atomic mass is 16.5. The fourth-order valence-electron chi connectivity index (χ4n) is 4.42. The van der Waals surface area contributed by atoms with Gasteiger partial charge < -0.3 is 14.8 Å². The molecule has 0 spiro atoms. The Morgan fingerprint density at radius 3 is 2.65 bits per heavy atom. The van der Waals surface area contributed by atoms with Crippen molar-refractivity contribution in [2.45, 2.75) is 31.8 Å². The summed E-state index contributed by atoms with van der Waals surface area (Å²) in [6, 6.07) is 15.5. The number of allylic oxidation sites excluding steroid dienone is 2. The van der Waals surface area contributed by atoms with Crippen molar-refractivity contribution < 1.29 is 14.3 Å². The first-order valence-electron chi connectivity index (χ1n) is 10.3. The molecule has 1 aromatic heterocycles. The number of benzene rings is 2. The minimum absolute atomic E-state index is 0.0765. The first kappa shape index (κ1) is 19.2. The number of fused-ring (bicyclic) bond motifs is 1. The van der Waals surface area contributed by atoms with Crippen molar-refractivity contribution in [2.24, 2.45) is 0 Å². The summed E-state index contributed by atoms with van der Waals surface area (Å²) in [4.78, 5) is 25.5. The van der Waals surface area contributed by atoms with E-state index < -0.39 is 5.92 Å². The third-order valence-electron chi connectivity index (χ3n) is 5.88. The van der Waals surface area contributed by atoms with Crippen LogP contribution in [0.15, 0.2) is 64.6 Å². The lowest BCUT2D eigenvalue weighted by Crippen LogP contribution is -2.29. The van der Waals surface area contributed by atoms with Crippen LogP contribution in [0, 0.1) is 0 Å². The minimum atomic E-state index is -0.459. The van der Waals surface area contributed by atoms with Gasteiger partial charge in [0.05, 0.1) is 12.7 Å². The molecule has 3 aromatic rings. The highest BCUT2D eigenvalue weighted by molar-refractivity contribution is 6.00. The number of ketones is 1. The van der Waals surface area contributed by atoms with E-state index >= 15 is 0 Å². The van der Waals surface area contributed by atoms with Crippen LogP contribution in [0.5, 0.6) is 11.5 Å². The van der Waals surface area contributed by atoms with Crippen LogP contribution in [0.3, 0.4) is 0 Å². The van der Waals surface area contributed by atoms with Gasteiger partial charge in [-0.1, -0.05) is 36.4 Å². The average Bonchev–Trinajstić information content (AvgIpc) is 3.17. The Bertz CT molecular complexity index is 1220. The summed E-state index contributed by atoms with van der Waals surface area (Å²) in [6.07, 6.45) is 2.06. The molecular weight excluding hydrogens is 394 g/mol. The minimum Gasteiger partial charge on any atom is -0.493 e. The second kappa shape index (κ2) is 7.83. The van der Waals surface area contributed by atoms with Gasteiger partial charge in [-0.15, -0.1) is 0 Å². The molecule has 2 aliphatic rings. The van der Waals surface area contributed by atoms with Crippen molar-refractivity contribution in [2.75, 3.05) is 12.4 Å². The number of H-pyrrole nitrogens is 2. The predicted octanol–water partition coefficient (Wildman–Crippen LogP) is 3.86. The van der Waals surface area contributed by atoms with Crippen LogP contribution < -0.4 is 20.3 Å². The fourth-order valence-corrected chi connectivity index (χ4v) is 4.42. The van der Waals surface area contributed by atoms with Crippen LogP contribution >= 0.6 is 0 Å². The molecule has 5 rings (SSSR count). The number of rotatable bonds is 5. The second-order valence-corrected chi connectivity index (χ2v) is 7.78. The zero-order valence-electron chi connectivity index (χ0n) is 17.2. The van der Waals surface area contributed by atoms with E-state index in [-0.39, 0.29) is 11.3 Å². The van der Waals surface area contributed by atoms with Gasteiger partial charge in [-0.25, -0.2) is 0 Å². The van der Waals surface area contributed by atoms with E-state index in [1.54, 1.807) is 7.11 Å². The summed E-state index contributed by atoms with van der Waals surface area (Å²) in [5, 5.41) is 8.81. The Hall–Kier alpha value is -3.74. The Balaban J connectivity index is 1.58. The van der Waals surface area contributed by atoms with Gasteiger partial charge in [0, 0.05) is 23.6 Å². The SMILES string of the molecule is COc1ccc(C2C3=C(CCCC3=O)Nc3[nH][nH]c(=O)c32)cc1OCc1ccccc1. The number of aromatic amines is 2. The summed E-state index contributed by atoms with van der Waals surface area (Å²) in [5.41, 5.74) is 3.69. The molecule has 0 radical (unpaired) electrons. The molecule has 1 aliphatic heterocycles. The molecule has 1 atom stereocenters. The molecule has 2 heterocycles. The smallest absolute Gasteiger partial charge is 0.270 e. The lowest BCUT2D eigenvalue weighted by Gasteiger charge is -2.31. The second-order valence-electron chi connectivity index (χ2n) is 7.78. The number of Topliss-reactive ketones (excluding diaryl/α,β-unsaturated/α-hetero) is 1. The van der Waals surface area contributed by atoms with Gasteiger partial charge in [-0.05, 0) is 36.1 Å². The summed E-state index contributed by atoms with van der Waals surface area (Å²) in [7, 11) is 1.59. The van der Waals surface area contributed by atoms with E-state index in [2.05, 4.69) is 15.5 Å². The molecule has 1 unspecified atom stereocenters. The van der Waals surface area contributed by atoms with E-state index in [9.17, 15) is 9.59 Å². The van der Waals surface area contributed by atoms with Gasteiger partial charge in [-0.2, -0.15) is 0 Å². The van der Waals surface area contributed by atoms with Crippen LogP contribution in [0.1, 0.15) is 41.9 Å². The van der Waals surface area contributed by atoms with Crippen molar-refractivity contribution in [3.05, 3.63) is 86.8 Å². The van der Waals surface area contributed by atoms with Gasteiger partial charge in [0.1, 0.15) is 12.4 Å². The highest BCUT2D eigenvalue weighted by Gasteiger charge is 2.38. The lowest BCUT2D eigenvalue weighted by atomic mass is 9.77. The Kier molecular flexibility index (Phi) is 4.86. The zero-order chi connectivity index (χ0) is 21.4. The summed E-state index contributed by atoms with van der Waals surface area (Å²) in [5.74, 6) is 1.40. The van der Waals surface area contributed by atoms with Gasteiger partial charge in [0.15, 0.2) is 17.3 Å². The molecule has 158 valence electrons. The molecule has 0 bridgehead atoms. The normalized spacial score (nSPS) is 17.6. The largest absolute Gasteiger partial charge is 0.493 e. The quantitative estimate of drug-likeness (QED) is 0.586. The maximum absolute atomic E-state index is 12.9. The number of carbonyl (C=O) groups is 1. The standard InChI is InChI=1S/C24H23N3O4/c1-30-18-11-10-15(12-19(18)31-13-14-6-3-2-4-7-14)20-21-16(8-5-9-17(21)28)25-23-22(20)24(29)27-26-23/h2-4,6-7,10-12,20H,5,8-9,13H2,1H3,(H3,25,26,27,29). The third-order valence-corrected chi connectivity index (χ3v) is 5.88. The van der Waals surface area contributed by atoms with E-state index in [4.69, 9.17) is 9.47 Å². The average molecular weight is 417 g/mol. The first-order valence-corrected chi connectivity index (χ1v) is 10.3. The molecule has 0 amide bonds. The van der Waals surface area contributed by atoms with E-state index in [0.29, 0.717) is 41.5 Å². The summed E-state index contributed by atoms with van der Waals surface area (Å²) >= 11 is 0. The molecule has 3 N–H and O–H groups in total. The van der Waals surface area contributed by atoms with Crippen LogP contribution in [0.25, 0.3) is 0 Å². The molecule has 7 heteroatoms. The molecule has 0 fully saturated rings. The fraction of sp³-hybridized carbons (Fsp3) is 0.250. The van der Waals surface area contributed by atoms with Crippen LogP contribution in [-0.2, 0) is 11.4 Å². The van der Waals surface area contributed by atoms with Crippen molar-refractivity contribution in [1.29, 1.82) is 0 Å². The van der Waals surface area contributed by atoms with E-state index in [0.717, 1.165) is 29.7 Å². The Labute approximate surface area is 179 Å². The van der Waals surface area contributed by atoms with Gasteiger partial charge >= 0.3 is 0 Å². The highest BCUT2D eigenvalue weighted by Crippen LogP contribution is 2.44. The molecule has 7 nitrogen and oxygen atoms in total. The predicted molar refractivity (Wildman–Crippen MR) is 117 cm³/mol. The monoisotopic (exact) mass is 417 g/mol. The number of carbonyl (C=O) groups excluding carboxylic acids is 1. The van der Waals surface area contributed by atoms with Crippen molar-refractivity contribution in [3.63, 3.8) is 0 Å². The number of ether oxygens (including phenoxy) is 2. The number of methoxy groups -OCH3 is 1. The van der Waals surface area contributed by atoms with Gasteiger partial charge in [0.25, 0.3) is 5.56 Å². The van der Waals surface area contributed by atoms with E-state index in [1.807, 2.05) is 48.5 Å². The van der Waals surface area contributed by atoms with Gasteiger partial charge in [-0.3, -0.25) is 19.8 Å². The van der Waals surface area contributed by atoms with Crippen LogP contribution in [0.2, 0.25) is 0 Å². The van der Waals surface area contributed by atoms with Crippen molar-refractivity contribution in [3.8, 4) is 11.5 Å². The molecule has 31 heavy (non-hydrogen) atoms. The molecule has 1 aliphatic carbocycles. The Morgan fingerprint density at radius 1 is 1.00 bits per heavy atom. The topological polar surface area (TPSA) is 96.2 Å². The number of aromatic nitrogens is 2. The molecule has 2 aromatic carbocycles. The van der Waals surface area contributed by atoms with Crippen LogP contribution in [0.4, 0.5) is 5.82 Å². The summed E-state index contributed by atoms with van der Waals surface area (Å²) in [6.45, 7) is 0.385. The molecule has 0 saturated carbocycles. The molecular formula is C24H23N3O4.